The normalized spacial score (nSPS) is 15.1. The number of pyridine rings is 1. The molecular formula is C73H60B2F4N5O4P+2. The van der Waals surface area contributed by atoms with E-state index < -0.39 is 21.2 Å². The Morgan fingerprint density at radius 1 is 0.449 bits per heavy atom. The third-order valence-electron chi connectivity index (χ3n) is 16.9. The molecule has 0 unspecified atom stereocenters. The summed E-state index contributed by atoms with van der Waals surface area (Å²) < 4.78 is 83.4. The van der Waals surface area contributed by atoms with Crippen molar-refractivity contribution < 1.29 is 49.9 Å². The summed E-state index contributed by atoms with van der Waals surface area (Å²) in [6.45, 7) is -1.07. The van der Waals surface area contributed by atoms with Gasteiger partial charge in [-0.1, -0.05) is 146 Å². The first-order valence-corrected chi connectivity index (χ1v) is 31.4. The minimum absolute atomic E-state index is 0.228. The molecular weight excluding hydrogens is 1140 g/mol. The Morgan fingerprint density at radius 2 is 0.798 bits per heavy atom. The second-order valence-corrected chi connectivity index (χ2v) is 26.0. The molecule has 7 heterocycles. The Bertz CT molecular complexity index is 4490. The van der Waals surface area contributed by atoms with Crippen molar-refractivity contribution in [2.24, 2.45) is 0 Å². The largest absolute Gasteiger partial charge is 0.737 e. The number of fused-ring (bicyclic) bond motifs is 4. The molecule has 14 rings (SSSR count). The molecule has 4 aliphatic rings. The molecule has 0 saturated carbocycles. The highest BCUT2D eigenvalue weighted by Gasteiger charge is 2.56. The average molecular weight is 1200 g/mol. The fraction of sp³-hybridized carbons (Fsp3) is 0.0822. The van der Waals surface area contributed by atoms with E-state index in [4.69, 9.17) is 9.47 Å². The molecule has 0 N–H and O–H groups in total. The molecule has 0 atom stereocenters. The number of rotatable bonds is 15. The standard InChI is InChI=1S/C43H35BF2N2O2P.C30H25BF2N3O2/c1-31-27-32(2)48-40(31)28-41-42(39(29-47(41)44(48,45)46)43(49)34-15-7-3-8-16-34)33-23-25-35(26-24-33)50-30-51(36-17-9-4-10-18-36,37-19-11-5-12-20-37)38-21-13-6-14-22-38;1-21-17-22(2)36-27(21)18-28-29(23-11-13-25(14-12-23)38-20-34-15-7-4-8-16-34)26(19-35(28)31(36,32)33)30(37)24-9-5-3-6-10-24/h3-29H,30H2,1-2H3;3-19H,20H2,1-2H3/q2*+1. The number of carbonyl (C=O) groups excluding carboxylic acids is 2. The molecule has 0 bridgehead atoms. The van der Waals surface area contributed by atoms with Crippen LogP contribution in [0.1, 0.15) is 65.7 Å². The first kappa shape index (κ1) is 57.8. The van der Waals surface area contributed by atoms with Gasteiger partial charge in [0.15, 0.2) is 42.6 Å². The number of ketones is 2. The molecule has 0 radical (unpaired) electrons. The van der Waals surface area contributed by atoms with E-state index in [1.807, 2.05) is 116 Å². The number of halogens is 4. The zero-order valence-corrected chi connectivity index (χ0v) is 50.2. The maximum absolute atomic E-state index is 16.4. The zero-order chi connectivity index (χ0) is 61.6. The van der Waals surface area contributed by atoms with Crippen LogP contribution in [0.15, 0.2) is 265 Å². The molecule has 10 aromatic rings. The van der Waals surface area contributed by atoms with Crippen molar-refractivity contribution >= 4 is 84.4 Å². The average Bonchev–Trinajstić information content (AvgIpc) is 1.63. The lowest BCUT2D eigenvalue weighted by molar-refractivity contribution is -0.724. The van der Waals surface area contributed by atoms with E-state index in [0.717, 1.165) is 29.1 Å². The van der Waals surface area contributed by atoms with Gasteiger partial charge in [0.1, 0.15) is 39.8 Å². The van der Waals surface area contributed by atoms with Crippen molar-refractivity contribution in [3.63, 3.8) is 0 Å². The first-order chi connectivity index (χ1) is 43.1. The van der Waals surface area contributed by atoms with Crippen molar-refractivity contribution in [3.8, 4) is 11.5 Å². The minimum Gasteiger partial charge on any atom is -0.458 e. The van der Waals surface area contributed by atoms with Crippen molar-refractivity contribution in [1.82, 2.24) is 8.96 Å². The molecule has 7 aromatic carbocycles. The number of benzene rings is 7. The SMILES string of the molecule is Cc1cc(C)n2c1C=C1C(c3ccc(OC[P+](c4ccccc4)(c4ccccc4)c4ccccc4)cc3)=C(C(=O)c3ccccc3)C=[N+]1[B-]2(F)F.Cc1cc(C)n2c1C=C1C(c3ccc(OC[n+]4ccccc4)cc3)=C(C(=O)c3ccccc3)C=[N+]1[B-]2(F)F. The number of hydrogen-bond acceptors (Lipinski definition) is 4. The van der Waals surface area contributed by atoms with Crippen LogP contribution in [0.5, 0.6) is 11.5 Å². The van der Waals surface area contributed by atoms with E-state index in [2.05, 4.69) is 72.8 Å². The third-order valence-corrected chi connectivity index (χ3v) is 21.0. The van der Waals surface area contributed by atoms with Crippen molar-refractivity contribution in [2.75, 3.05) is 6.35 Å². The lowest BCUT2D eigenvalue weighted by Gasteiger charge is -2.30. The lowest BCUT2D eigenvalue weighted by Crippen LogP contribution is -2.49. The maximum Gasteiger partial charge on any atom is 0.737 e. The molecule has 0 fully saturated rings. The summed E-state index contributed by atoms with van der Waals surface area (Å²) in [4.78, 5) is 27.6. The smallest absolute Gasteiger partial charge is 0.458 e. The lowest BCUT2D eigenvalue weighted by atomic mass is 9.88. The highest BCUT2D eigenvalue weighted by Crippen LogP contribution is 2.55. The summed E-state index contributed by atoms with van der Waals surface area (Å²) in [6, 6.07) is 73.1. The summed E-state index contributed by atoms with van der Waals surface area (Å²) in [5.41, 5.74) is 7.62. The van der Waals surface area contributed by atoms with E-state index in [0.29, 0.717) is 92.1 Å². The van der Waals surface area contributed by atoms with Crippen LogP contribution in [-0.4, -0.2) is 62.2 Å². The number of aromatic nitrogens is 3. The summed E-state index contributed by atoms with van der Waals surface area (Å²) in [5, 5.41) is 3.62. The number of nitrogens with zero attached hydrogens (tertiary/aromatic N) is 5. The van der Waals surface area contributed by atoms with E-state index in [1.165, 1.54) is 28.3 Å². The topological polar surface area (TPSA) is 72.4 Å². The number of allylic oxidation sites excluding steroid dienone is 4. The number of hydrogen-bond donors (Lipinski definition) is 0. The van der Waals surface area contributed by atoms with Crippen molar-refractivity contribution in [3.05, 3.63) is 322 Å². The maximum atomic E-state index is 16.4. The summed E-state index contributed by atoms with van der Waals surface area (Å²) in [7, 11) is -2.26. The fourth-order valence-corrected chi connectivity index (χ4v) is 16.4. The van der Waals surface area contributed by atoms with Crippen molar-refractivity contribution in [2.45, 2.75) is 34.4 Å². The first-order valence-electron chi connectivity index (χ1n) is 29.4. The van der Waals surface area contributed by atoms with Gasteiger partial charge in [0, 0.05) is 46.8 Å². The zero-order valence-electron chi connectivity index (χ0n) is 49.3. The molecule has 16 heteroatoms. The number of aryl methyl sites for hydroxylation is 4. The predicted octanol–water partition coefficient (Wildman–Crippen LogP) is 13.9. The molecule has 3 aromatic heterocycles. The van der Waals surface area contributed by atoms with Gasteiger partial charge in [-0.25, -0.2) is 0 Å². The summed E-state index contributed by atoms with van der Waals surface area (Å²) in [5.74, 6) is 0.664. The minimum atomic E-state index is -4.24. The molecule has 9 nitrogen and oxygen atoms in total. The monoisotopic (exact) mass is 1200 g/mol. The molecule has 4 aliphatic heterocycles. The van der Waals surface area contributed by atoms with E-state index in [9.17, 15) is 9.59 Å². The van der Waals surface area contributed by atoms with Gasteiger partial charge < -0.3 is 44.7 Å². The Hall–Kier alpha value is -10.2. The molecule has 0 spiro atoms. The highest BCUT2D eigenvalue weighted by atomic mass is 31.2. The van der Waals surface area contributed by atoms with E-state index in [1.54, 1.807) is 98.8 Å². The Kier molecular flexibility index (Phi) is 15.2. The van der Waals surface area contributed by atoms with Crippen LogP contribution in [0.3, 0.4) is 0 Å². The summed E-state index contributed by atoms with van der Waals surface area (Å²) in [6.07, 6.45) is 10.4. The quantitative estimate of drug-likeness (QED) is 0.0337. The van der Waals surface area contributed by atoms with Crippen LogP contribution >= 0.6 is 7.26 Å². The molecule has 0 amide bonds. The van der Waals surface area contributed by atoms with Gasteiger partial charge in [0.2, 0.25) is 6.35 Å². The summed E-state index contributed by atoms with van der Waals surface area (Å²) >= 11 is 0. The van der Waals surface area contributed by atoms with Gasteiger partial charge in [0.05, 0.1) is 22.3 Å². The van der Waals surface area contributed by atoms with E-state index >= 15 is 17.3 Å². The molecule has 0 saturated heterocycles. The van der Waals surface area contributed by atoms with Crippen molar-refractivity contribution in [1.29, 1.82) is 0 Å². The second kappa shape index (κ2) is 23.5. The van der Waals surface area contributed by atoms with Crippen LogP contribution in [0.25, 0.3) is 23.3 Å². The molecule has 438 valence electrons. The van der Waals surface area contributed by atoms with E-state index in [-0.39, 0.29) is 22.7 Å². The van der Waals surface area contributed by atoms with Gasteiger partial charge in [-0.3, -0.25) is 9.59 Å². The van der Waals surface area contributed by atoms with Gasteiger partial charge in [-0.2, -0.15) is 4.57 Å². The predicted molar refractivity (Wildman–Crippen MR) is 349 cm³/mol. The molecule has 89 heavy (non-hydrogen) atoms. The van der Waals surface area contributed by atoms with Gasteiger partial charge in [0.25, 0.3) is 6.73 Å². The highest BCUT2D eigenvalue weighted by molar-refractivity contribution is 7.95. The Morgan fingerprint density at radius 3 is 1.18 bits per heavy atom. The number of ether oxygens (including phenoxy) is 2. The molecule has 0 aliphatic carbocycles. The van der Waals surface area contributed by atoms with Crippen LogP contribution in [-0.2, 0) is 6.73 Å². The number of carbonyl (C=O) groups is 2. The van der Waals surface area contributed by atoms with Gasteiger partial charge >= 0.3 is 13.9 Å². The van der Waals surface area contributed by atoms with Crippen LogP contribution < -0.4 is 30.0 Å². The van der Waals surface area contributed by atoms with Gasteiger partial charge in [-0.15, -0.1) is 0 Å². The van der Waals surface area contributed by atoms with Crippen LogP contribution in [0, 0.1) is 27.7 Å². The Labute approximate surface area is 514 Å². The second-order valence-electron chi connectivity index (χ2n) is 22.5. The van der Waals surface area contributed by atoms with Crippen LogP contribution in [0.2, 0.25) is 0 Å². The third kappa shape index (κ3) is 10.4. The van der Waals surface area contributed by atoms with Crippen LogP contribution in [0.4, 0.5) is 17.3 Å². The fourth-order valence-electron chi connectivity index (χ4n) is 12.7. The van der Waals surface area contributed by atoms with Gasteiger partial charge in [-0.05, 0) is 134 Å². The Balaban J connectivity index is 0.000000171. The number of Topliss-reactive ketones (excluding diaryl/α,β-unsaturated/α-hetero) is 2.